The number of hydrogen-bond acceptors (Lipinski definition) is 4. The van der Waals surface area contributed by atoms with Gasteiger partial charge in [0.05, 0.1) is 13.2 Å². The van der Waals surface area contributed by atoms with E-state index in [-0.39, 0.29) is 0 Å². The fraction of sp³-hybridized carbons (Fsp3) is 0.682. The number of ether oxygens (including phenoxy) is 2. The zero-order valence-corrected chi connectivity index (χ0v) is 17.5. The zero-order chi connectivity index (χ0) is 19.6. The van der Waals surface area contributed by atoms with Gasteiger partial charge in [-0.25, -0.2) is 0 Å². The lowest BCUT2D eigenvalue weighted by Crippen LogP contribution is -2.41. The number of methoxy groups -OCH3 is 1. The van der Waals surface area contributed by atoms with Crippen molar-refractivity contribution in [2.24, 2.45) is 10.9 Å². The second-order valence-corrected chi connectivity index (χ2v) is 7.80. The number of nitrogens with one attached hydrogen (secondary N) is 2. The highest BCUT2D eigenvalue weighted by Gasteiger charge is 2.20. The highest BCUT2D eigenvalue weighted by Crippen LogP contribution is 2.20. The average molecular weight is 389 g/mol. The second-order valence-electron chi connectivity index (χ2n) is 7.80. The lowest BCUT2D eigenvalue weighted by atomic mass is 9.96. The molecule has 28 heavy (non-hydrogen) atoms. The van der Waals surface area contributed by atoms with Crippen molar-refractivity contribution in [1.82, 2.24) is 15.5 Å². The van der Waals surface area contributed by atoms with Crippen LogP contribution >= 0.6 is 0 Å². The Labute approximate surface area is 169 Å². The Bertz CT molecular complexity index is 591. The van der Waals surface area contributed by atoms with Crippen LogP contribution < -0.4 is 15.4 Å². The third kappa shape index (κ3) is 6.67. The first-order chi connectivity index (χ1) is 13.8. The molecule has 1 aromatic carbocycles. The molecule has 0 radical (unpaired) electrons. The minimum absolute atomic E-state index is 0.338. The molecule has 2 aliphatic heterocycles. The number of aliphatic imine (C=N–C) groups is 1. The van der Waals surface area contributed by atoms with Gasteiger partial charge in [0.15, 0.2) is 5.96 Å². The average Bonchev–Trinajstić information content (AvgIpc) is 3.25. The van der Waals surface area contributed by atoms with Gasteiger partial charge in [-0.2, -0.15) is 0 Å². The number of benzene rings is 1. The quantitative estimate of drug-likeness (QED) is 0.530. The molecule has 2 saturated heterocycles. The topological polar surface area (TPSA) is 58.1 Å². The molecular formula is C22H36N4O2. The van der Waals surface area contributed by atoms with Gasteiger partial charge in [-0.15, -0.1) is 0 Å². The minimum Gasteiger partial charge on any atom is -0.497 e. The van der Waals surface area contributed by atoms with Crippen molar-refractivity contribution in [2.75, 3.05) is 46.4 Å². The molecule has 0 aromatic heterocycles. The number of hydrogen-bond donors (Lipinski definition) is 2. The van der Waals surface area contributed by atoms with Gasteiger partial charge in [0.2, 0.25) is 0 Å². The summed E-state index contributed by atoms with van der Waals surface area (Å²) in [4.78, 5) is 7.38. The maximum atomic E-state index is 5.69. The van der Waals surface area contributed by atoms with Crippen LogP contribution in [0.5, 0.6) is 5.75 Å². The molecule has 0 saturated carbocycles. The first-order valence-corrected chi connectivity index (χ1v) is 10.8. The standard InChI is InChI=1S/C22H36N4O2/c1-3-23-22(25-16-21-5-4-14-28-21)24-15-18-10-12-26(13-11-18)17-19-6-8-20(27-2)9-7-19/h6-9,18,21H,3-5,10-17H2,1-2H3,(H2,23,24,25). The van der Waals surface area contributed by atoms with Gasteiger partial charge >= 0.3 is 0 Å². The number of piperidine rings is 1. The molecule has 0 bridgehead atoms. The largest absolute Gasteiger partial charge is 0.497 e. The van der Waals surface area contributed by atoms with E-state index in [0.717, 1.165) is 64.0 Å². The Kier molecular flexibility index (Phi) is 8.42. The van der Waals surface area contributed by atoms with Crippen molar-refractivity contribution >= 4 is 5.96 Å². The SMILES string of the molecule is CCNC(=NCC1CCN(Cc2ccc(OC)cc2)CC1)NCC1CCCO1. The van der Waals surface area contributed by atoms with E-state index in [2.05, 4.69) is 34.6 Å². The molecule has 1 atom stereocenters. The minimum atomic E-state index is 0.338. The second kappa shape index (κ2) is 11.3. The van der Waals surface area contributed by atoms with Crippen molar-refractivity contribution in [3.63, 3.8) is 0 Å². The smallest absolute Gasteiger partial charge is 0.191 e. The molecule has 1 aromatic rings. The van der Waals surface area contributed by atoms with Crippen LogP contribution in [0.25, 0.3) is 0 Å². The monoisotopic (exact) mass is 388 g/mol. The zero-order valence-electron chi connectivity index (χ0n) is 17.5. The molecular weight excluding hydrogens is 352 g/mol. The van der Waals surface area contributed by atoms with Gasteiger partial charge in [0.1, 0.15) is 5.75 Å². The van der Waals surface area contributed by atoms with E-state index < -0.39 is 0 Å². The maximum absolute atomic E-state index is 5.69. The van der Waals surface area contributed by atoms with Crippen LogP contribution in [0.1, 0.15) is 38.2 Å². The summed E-state index contributed by atoms with van der Waals surface area (Å²) in [5.74, 6) is 2.52. The van der Waals surface area contributed by atoms with Crippen LogP contribution in [-0.4, -0.2) is 63.4 Å². The Morgan fingerprint density at radius 3 is 2.61 bits per heavy atom. The van der Waals surface area contributed by atoms with Crippen molar-refractivity contribution in [3.8, 4) is 5.75 Å². The summed E-state index contributed by atoms with van der Waals surface area (Å²) >= 11 is 0. The Morgan fingerprint density at radius 2 is 1.96 bits per heavy atom. The van der Waals surface area contributed by atoms with Crippen LogP contribution in [0.2, 0.25) is 0 Å². The molecule has 3 rings (SSSR count). The van der Waals surface area contributed by atoms with Gasteiger partial charge in [0, 0.05) is 32.8 Å². The van der Waals surface area contributed by atoms with Crippen LogP contribution in [0, 0.1) is 5.92 Å². The first-order valence-electron chi connectivity index (χ1n) is 10.8. The summed E-state index contributed by atoms with van der Waals surface area (Å²) < 4.78 is 10.9. The summed E-state index contributed by atoms with van der Waals surface area (Å²) in [6.45, 7) is 8.96. The number of likely N-dealkylation sites (tertiary alicyclic amines) is 1. The number of rotatable bonds is 8. The van der Waals surface area contributed by atoms with Crippen LogP contribution in [0.15, 0.2) is 29.3 Å². The van der Waals surface area contributed by atoms with E-state index in [0.29, 0.717) is 12.0 Å². The van der Waals surface area contributed by atoms with Gasteiger partial charge in [0.25, 0.3) is 0 Å². The van der Waals surface area contributed by atoms with E-state index in [1.807, 2.05) is 12.1 Å². The normalized spacial score (nSPS) is 21.6. The fourth-order valence-electron chi connectivity index (χ4n) is 3.89. The van der Waals surface area contributed by atoms with E-state index >= 15 is 0 Å². The van der Waals surface area contributed by atoms with E-state index in [1.165, 1.54) is 24.8 Å². The Balaban J connectivity index is 1.39. The van der Waals surface area contributed by atoms with Crippen LogP contribution in [0.3, 0.4) is 0 Å². The summed E-state index contributed by atoms with van der Waals surface area (Å²) in [5.41, 5.74) is 1.35. The lowest BCUT2D eigenvalue weighted by Gasteiger charge is -2.31. The van der Waals surface area contributed by atoms with Crippen LogP contribution in [-0.2, 0) is 11.3 Å². The number of nitrogens with zero attached hydrogens (tertiary/aromatic N) is 2. The van der Waals surface area contributed by atoms with Gasteiger partial charge in [-0.05, 0) is 69.3 Å². The highest BCUT2D eigenvalue weighted by atomic mass is 16.5. The molecule has 2 fully saturated rings. The van der Waals surface area contributed by atoms with Crippen molar-refractivity contribution in [2.45, 2.75) is 45.3 Å². The molecule has 2 N–H and O–H groups in total. The lowest BCUT2D eigenvalue weighted by molar-refractivity contribution is 0.113. The molecule has 1 unspecified atom stereocenters. The van der Waals surface area contributed by atoms with Crippen LogP contribution in [0.4, 0.5) is 0 Å². The predicted molar refractivity (Wildman–Crippen MR) is 114 cm³/mol. The van der Waals surface area contributed by atoms with Gasteiger partial charge in [-0.3, -0.25) is 9.89 Å². The Hall–Kier alpha value is -1.79. The Morgan fingerprint density at radius 1 is 1.18 bits per heavy atom. The number of guanidine groups is 1. The van der Waals surface area contributed by atoms with Crippen molar-refractivity contribution < 1.29 is 9.47 Å². The van der Waals surface area contributed by atoms with Crippen molar-refractivity contribution in [1.29, 1.82) is 0 Å². The van der Waals surface area contributed by atoms with E-state index in [1.54, 1.807) is 7.11 Å². The molecule has 2 aliphatic rings. The summed E-state index contributed by atoms with van der Waals surface area (Å²) in [5, 5.41) is 6.81. The molecule has 6 nitrogen and oxygen atoms in total. The molecule has 0 amide bonds. The van der Waals surface area contributed by atoms with E-state index in [4.69, 9.17) is 14.5 Å². The summed E-state index contributed by atoms with van der Waals surface area (Å²) in [7, 11) is 1.71. The van der Waals surface area contributed by atoms with E-state index in [9.17, 15) is 0 Å². The molecule has 0 spiro atoms. The maximum Gasteiger partial charge on any atom is 0.191 e. The van der Waals surface area contributed by atoms with Gasteiger partial charge < -0.3 is 20.1 Å². The molecule has 0 aliphatic carbocycles. The summed E-state index contributed by atoms with van der Waals surface area (Å²) in [6.07, 6.45) is 5.09. The molecule has 156 valence electrons. The third-order valence-corrected chi connectivity index (χ3v) is 5.65. The summed E-state index contributed by atoms with van der Waals surface area (Å²) in [6, 6.07) is 8.42. The third-order valence-electron chi connectivity index (χ3n) is 5.65. The predicted octanol–water partition coefficient (Wildman–Crippen LogP) is 2.64. The molecule has 2 heterocycles. The van der Waals surface area contributed by atoms with Crippen molar-refractivity contribution in [3.05, 3.63) is 29.8 Å². The highest BCUT2D eigenvalue weighted by molar-refractivity contribution is 5.79. The molecule has 6 heteroatoms. The fourth-order valence-corrected chi connectivity index (χ4v) is 3.89. The van der Waals surface area contributed by atoms with Gasteiger partial charge in [-0.1, -0.05) is 12.1 Å². The first kappa shape index (κ1) is 20.9.